The molecule has 126 valence electrons. The van der Waals surface area contributed by atoms with E-state index >= 15 is 0 Å². The van der Waals surface area contributed by atoms with E-state index in [1.54, 1.807) is 0 Å². The summed E-state index contributed by atoms with van der Waals surface area (Å²) in [6, 6.07) is 0. The largest absolute Gasteiger partial charge is 0.389 e. The molecule has 0 aliphatic heterocycles. The average molecular weight is 381 g/mol. The Morgan fingerprint density at radius 2 is 1.96 bits per heavy atom. The first-order chi connectivity index (χ1) is 10.8. The predicted molar refractivity (Wildman–Crippen MR) is 91.1 cm³/mol. The van der Waals surface area contributed by atoms with Crippen LogP contribution in [0.5, 0.6) is 0 Å². The van der Waals surface area contributed by atoms with Crippen molar-refractivity contribution < 1.29 is 14.7 Å². The number of carbonyl (C=O) groups is 2. The molecule has 4 aliphatic carbocycles. The maximum Gasteiger partial charge on any atom is 0.152 e. The van der Waals surface area contributed by atoms with Gasteiger partial charge in [0.1, 0.15) is 5.78 Å². The van der Waals surface area contributed by atoms with Gasteiger partial charge in [-0.15, -0.1) is 0 Å². The molecule has 0 radical (unpaired) electrons. The van der Waals surface area contributed by atoms with Gasteiger partial charge in [0.05, 0.1) is 10.9 Å². The van der Waals surface area contributed by atoms with Crippen LogP contribution in [0.2, 0.25) is 0 Å². The van der Waals surface area contributed by atoms with E-state index in [1.165, 1.54) is 0 Å². The average Bonchev–Trinajstić information content (AvgIpc) is 2.73. The Morgan fingerprint density at radius 3 is 2.70 bits per heavy atom. The zero-order valence-corrected chi connectivity index (χ0v) is 15.4. The molecule has 0 bridgehead atoms. The molecular weight excluding hydrogens is 356 g/mol. The third-order valence-corrected chi connectivity index (χ3v) is 8.46. The second kappa shape index (κ2) is 5.01. The van der Waals surface area contributed by atoms with Crippen molar-refractivity contribution in [3.05, 3.63) is 12.2 Å². The van der Waals surface area contributed by atoms with E-state index in [4.69, 9.17) is 0 Å². The van der Waals surface area contributed by atoms with Crippen molar-refractivity contribution in [1.82, 2.24) is 0 Å². The number of carbonyl (C=O) groups excluding carboxylic acids is 2. The van der Waals surface area contributed by atoms with Crippen LogP contribution in [-0.2, 0) is 9.59 Å². The lowest BCUT2D eigenvalue weighted by molar-refractivity contribution is -0.150. The van der Waals surface area contributed by atoms with E-state index in [-0.39, 0.29) is 33.4 Å². The third-order valence-electron chi connectivity index (χ3n) is 7.67. The number of Topliss-reactive ketones (excluding diaryl/α,β-unsaturated/α-hetero) is 2. The maximum absolute atomic E-state index is 13.0. The van der Waals surface area contributed by atoms with Crippen molar-refractivity contribution in [3.8, 4) is 0 Å². The first-order valence-corrected chi connectivity index (χ1v) is 9.77. The summed E-state index contributed by atoms with van der Waals surface area (Å²) in [6.07, 6.45) is 7.59. The molecule has 3 nitrogen and oxygen atoms in total. The topological polar surface area (TPSA) is 54.4 Å². The van der Waals surface area contributed by atoms with E-state index in [0.29, 0.717) is 30.3 Å². The van der Waals surface area contributed by atoms with Gasteiger partial charge in [-0.25, -0.2) is 0 Å². The number of rotatable bonds is 0. The summed E-state index contributed by atoms with van der Waals surface area (Å²) in [5, 5.41) is 9.96. The highest BCUT2D eigenvalue weighted by Crippen LogP contribution is 2.64. The zero-order chi connectivity index (χ0) is 16.6. The van der Waals surface area contributed by atoms with Crippen molar-refractivity contribution >= 4 is 27.5 Å². The lowest BCUT2D eigenvalue weighted by Crippen LogP contribution is -2.56. The maximum atomic E-state index is 13.0. The molecule has 4 rings (SSSR count). The molecule has 8 atom stereocenters. The molecule has 4 heteroatoms. The van der Waals surface area contributed by atoms with E-state index in [2.05, 4.69) is 35.9 Å². The van der Waals surface area contributed by atoms with Gasteiger partial charge in [-0.1, -0.05) is 41.9 Å². The Bertz CT molecular complexity index is 599. The van der Waals surface area contributed by atoms with E-state index in [0.717, 1.165) is 19.3 Å². The molecule has 0 spiro atoms. The minimum atomic E-state index is -0.411. The van der Waals surface area contributed by atoms with Gasteiger partial charge in [0.15, 0.2) is 5.78 Å². The van der Waals surface area contributed by atoms with Crippen LogP contribution in [0.4, 0.5) is 0 Å². The molecule has 0 aromatic carbocycles. The smallest absolute Gasteiger partial charge is 0.152 e. The second-order valence-corrected chi connectivity index (χ2v) is 9.76. The Balaban J connectivity index is 1.75. The predicted octanol–water partition coefficient (Wildman–Crippen LogP) is 3.29. The van der Waals surface area contributed by atoms with E-state index in [9.17, 15) is 14.7 Å². The number of ketones is 2. The summed E-state index contributed by atoms with van der Waals surface area (Å²) >= 11 is 3.55. The number of alkyl halides is 1. The molecule has 0 saturated heterocycles. The number of halogens is 1. The van der Waals surface area contributed by atoms with Crippen LogP contribution in [0.3, 0.4) is 0 Å². The first kappa shape index (κ1) is 16.0. The second-order valence-electron chi connectivity index (χ2n) is 8.66. The lowest BCUT2D eigenvalue weighted by Gasteiger charge is -2.57. The fraction of sp³-hybridized carbons (Fsp3) is 0.789. The molecule has 4 aliphatic rings. The minimum absolute atomic E-state index is 0.00736. The minimum Gasteiger partial charge on any atom is -0.389 e. The highest BCUT2D eigenvalue weighted by molar-refractivity contribution is 9.10. The Hall–Kier alpha value is -0.480. The monoisotopic (exact) mass is 380 g/mol. The highest BCUT2D eigenvalue weighted by atomic mass is 79.9. The number of hydrogen-bond donors (Lipinski definition) is 1. The van der Waals surface area contributed by atoms with Crippen LogP contribution >= 0.6 is 15.9 Å². The molecule has 0 aromatic heterocycles. The number of fused-ring (bicyclic) bond motifs is 5. The van der Waals surface area contributed by atoms with Crippen molar-refractivity contribution in [3.63, 3.8) is 0 Å². The summed E-state index contributed by atoms with van der Waals surface area (Å²) in [5.74, 6) is 1.41. The van der Waals surface area contributed by atoms with Crippen LogP contribution in [0.1, 0.15) is 46.0 Å². The van der Waals surface area contributed by atoms with Crippen LogP contribution in [0.15, 0.2) is 12.2 Å². The Kier molecular flexibility index (Phi) is 3.49. The first-order valence-electron chi connectivity index (χ1n) is 8.86. The fourth-order valence-corrected chi connectivity index (χ4v) is 7.16. The van der Waals surface area contributed by atoms with Crippen LogP contribution in [-0.4, -0.2) is 27.6 Å². The van der Waals surface area contributed by atoms with Gasteiger partial charge in [-0.2, -0.15) is 0 Å². The van der Waals surface area contributed by atoms with Gasteiger partial charge in [-0.05, 0) is 48.9 Å². The quantitative estimate of drug-likeness (QED) is 0.518. The third kappa shape index (κ3) is 2.03. The number of aliphatic hydroxyl groups excluding tert-OH is 1. The van der Waals surface area contributed by atoms with Crippen molar-refractivity contribution in [2.45, 2.75) is 56.9 Å². The molecule has 23 heavy (non-hydrogen) atoms. The van der Waals surface area contributed by atoms with Crippen LogP contribution in [0.25, 0.3) is 0 Å². The number of hydrogen-bond acceptors (Lipinski definition) is 3. The van der Waals surface area contributed by atoms with Crippen LogP contribution in [0, 0.1) is 34.5 Å². The van der Waals surface area contributed by atoms with Gasteiger partial charge in [0.25, 0.3) is 0 Å². The lowest BCUT2D eigenvalue weighted by atomic mass is 9.46. The molecule has 0 aromatic rings. The molecule has 0 heterocycles. The summed E-state index contributed by atoms with van der Waals surface area (Å²) in [4.78, 5) is 25.6. The van der Waals surface area contributed by atoms with Gasteiger partial charge < -0.3 is 5.11 Å². The molecule has 3 saturated carbocycles. The summed E-state index contributed by atoms with van der Waals surface area (Å²) in [5.41, 5.74) is -0.335. The molecule has 0 amide bonds. The fourth-order valence-electron chi connectivity index (χ4n) is 6.23. The molecule has 1 N–H and O–H groups in total. The van der Waals surface area contributed by atoms with Gasteiger partial charge in [-0.3, -0.25) is 9.59 Å². The van der Waals surface area contributed by atoms with Crippen LogP contribution < -0.4 is 0 Å². The standard InChI is InChI=1S/C19H25BrO3/c1-18-5-3-11(21)7-10(18)8-15(22)16-12(18)4-6-19(2)13(16)9-14(20)17(19)23/h3,5,10-14,16,21H,4,6-9H2,1-2H3/t10?,11?,12-,13+,14?,16-,18+,19+/m1/s1. The van der Waals surface area contributed by atoms with Gasteiger partial charge in [0, 0.05) is 17.8 Å². The zero-order valence-electron chi connectivity index (χ0n) is 13.8. The summed E-state index contributed by atoms with van der Waals surface area (Å²) in [7, 11) is 0. The highest BCUT2D eigenvalue weighted by Gasteiger charge is 2.63. The molecular formula is C19H25BrO3. The van der Waals surface area contributed by atoms with Gasteiger partial charge >= 0.3 is 0 Å². The Labute approximate surface area is 146 Å². The number of allylic oxidation sites excluding steroid dienone is 1. The summed E-state index contributed by atoms with van der Waals surface area (Å²) < 4.78 is 0. The normalized spacial score (nSPS) is 55.3. The van der Waals surface area contributed by atoms with E-state index < -0.39 is 6.10 Å². The summed E-state index contributed by atoms with van der Waals surface area (Å²) in [6.45, 7) is 4.36. The SMILES string of the molecule is C[C@]12C=CC(O)CC1CC(=O)[C@@H]1[C@H]2CC[C@]2(C)C(=O)C(Br)C[C@@H]12. The Morgan fingerprint density at radius 1 is 1.22 bits per heavy atom. The molecule has 3 fully saturated rings. The van der Waals surface area contributed by atoms with E-state index in [1.807, 2.05) is 6.08 Å². The number of aliphatic hydroxyl groups is 1. The van der Waals surface area contributed by atoms with Crippen molar-refractivity contribution in [2.75, 3.05) is 0 Å². The van der Waals surface area contributed by atoms with Crippen molar-refractivity contribution in [2.24, 2.45) is 34.5 Å². The van der Waals surface area contributed by atoms with Gasteiger partial charge in [0.2, 0.25) is 0 Å². The molecule has 3 unspecified atom stereocenters. The van der Waals surface area contributed by atoms with Crippen molar-refractivity contribution in [1.29, 1.82) is 0 Å².